The number of nitrogens with one attached hydrogen (secondary N) is 1. The van der Waals surface area contributed by atoms with Gasteiger partial charge in [0.1, 0.15) is 0 Å². The molecule has 1 amide bonds. The third kappa shape index (κ3) is 3.82. The molecular weight excluding hydrogens is 315 g/mol. The summed E-state index contributed by atoms with van der Waals surface area (Å²) in [6.07, 6.45) is 3.11. The SMILES string of the molecule is Cc1nc(NC(=O)/C=C\c2ccc(Cl)c(Cl)c2)sc1C. The summed E-state index contributed by atoms with van der Waals surface area (Å²) < 4.78 is 0. The van der Waals surface area contributed by atoms with Crippen LogP contribution in [0.5, 0.6) is 0 Å². The number of halogens is 2. The number of nitrogens with zero attached hydrogens (tertiary/aromatic N) is 1. The Hall–Kier alpha value is -1.36. The second-order valence-electron chi connectivity index (χ2n) is 4.16. The van der Waals surface area contributed by atoms with E-state index in [1.165, 1.54) is 17.4 Å². The van der Waals surface area contributed by atoms with E-state index in [1.807, 2.05) is 13.8 Å². The average molecular weight is 327 g/mol. The van der Waals surface area contributed by atoms with Crippen molar-refractivity contribution in [2.75, 3.05) is 5.32 Å². The highest BCUT2D eigenvalue weighted by Gasteiger charge is 2.05. The topological polar surface area (TPSA) is 42.0 Å². The van der Waals surface area contributed by atoms with E-state index in [0.717, 1.165) is 16.1 Å². The van der Waals surface area contributed by atoms with E-state index in [2.05, 4.69) is 10.3 Å². The van der Waals surface area contributed by atoms with Gasteiger partial charge in [-0.2, -0.15) is 0 Å². The van der Waals surface area contributed by atoms with Gasteiger partial charge in [-0.3, -0.25) is 10.1 Å². The van der Waals surface area contributed by atoms with Crippen LogP contribution in [0.4, 0.5) is 5.13 Å². The molecule has 20 heavy (non-hydrogen) atoms. The molecule has 2 aromatic rings. The number of anilines is 1. The minimum absolute atomic E-state index is 0.232. The summed E-state index contributed by atoms with van der Waals surface area (Å²) in [6, 6.07) is 5.18. The van der Waals surface area contributed by atoms with Gasteiger partial charge in [-0.25, -0.2) is 4.98 Å². The molecule has 0 saturated heterocycles. The number of rotatable bonds is 3. The van der Waals surface area contributed by atoms with E-state index in [-0.39, 0.29) is 5.91 Å². The molecular formula is C14H12Cl2N2OS. The molecule has 0 saturated carbocycles. The lowest BCUT2D eigenvalue weighted by atomic mass is 10.2. The Morgan fingerprint density at radius 3 is 2.65 bits per heavy atom. The standard InChI is InChI=1S/C14H12Cl2N2OS/c1-8-9(2)20-14(17-8)18-13(19)6-4-10-3-5-11(15)12(16)7-10/h3-7H,1-2H3,(H,17,18,19)/b6-4-. The Morgan fingerprint density at radius 1 is 1.30 bits per heavy atom. The van der Waals surface area contributed by atoms with Gasteiger partial charge >= 0.3 is 0 Å². The van der Waals surface area contributed by atoms with E-state index in [1.54, 1.807) is 24.3 Å². The first-order valence-electron chi connectivity index (χ1n) is 5.84. The fraction of sp³-hybridized carbons (Fsp3) is 0.143. The molecule has 0 unspecified atom stereocenters. The number of benzene rings is 1. The molecule has 0 aliphatic carbocycles. The van der Waals surface area contributed by atoms with Crippen molar-refractivity contribution < 1.29 is 4.79 Å². The third-order valence-electron chi connectivity index (χ3n) is 2.63. The first-order chi connectivity index (χ1) is 9.45. The first-order valence-corrected chi connectivity index (χ1v) is 7.41. The highest BCUT2D eigenvalue weighted by Crippen LogP contribution is 2.23. The van der Waals surface area contributed by atoms with Gasteiger partial charge in [0.25, 0.3) is 0 Å². The van der Waals surface area contributed by atoms with Crippen LogP contribution in [-0.4, -0.2) is 10.9 Å². The molecule has 0 spiro atoms. The van der Waals surface area contributed by atoms with E-state index >= 15 is 0 Å². The van der Waals surface area contributed by atoms with Gasteiger partial charge in [-0.1, -0.05) is 29.3 Å². The normalized spacial score (nSPS) is 11.0. The van der Waals surface area contributed by atoms with Crippen LogP contribution in [0.3, 0.4) is 0 Å². The molecule has 0 bridgehead atoms. The summed E-state index contributed by atoms with van der Waals surface area (Å²) in [5.41, 5.74) is 1.74. The van der Waals surface area contributed by atoms with E-state index in [4.69, 9.17) is 23.2 Å². The number of carbonyl (C=O) groups is 1. The zero-order valence-corrected chi connectivity index (χ0v) is 13.2. The molecule has 2 rings (SSSR count). The summed E-state index contributed by atoms with van der Waals surface area (Å²) in [5, 5.41) is 4.27. The Kier molecular flexibility index (Phi) is 4.81. The summed E-state index contributed by atoms with van der Waals surface area (Å²) in [6.45, 7) is 3.88. The van der Waals surface area contributed by atoms with Crippen molar-refractivity contribution in [2.24, 2.45) is 0 Å². The number of amides is 1. The highest BCUT2D eigenvalue weighted by molar-refractivity contribution is 7.15. The van der Waals surface area contributed by atoms with Gasteiger partial charge in [0.2, 0.25) is 5.91 Å². The lowest BCUT2D eigenvalue weighted by molar-refractivity contribution is -0.111. The first kappa shape index (κ1) is 15.0. The molecule has 1 N–H and O–H groups in total. The minimum atomic E-state index is -0.232. The van der Waals surface area contributed by atoms with Crippen LogP contribution in [0.2, 0.25) is 10.0 Å². The molecule has 0 atom stereocenters. The van der Waals surface area contributed by atoms with Gasteiger partial charge in [-0.15, -0.1) is 11.3 Å². The number of aryl methyl sites for hydroxylation is 2. The Morgan fingerprint density at radius 2 is 2.05 bits per heavy atom. The molecule has 1 aromatic heterocycles. The lowest BCUT2D eigenvalue weighted by Gasteiger charge is -1.98. The molecule has 104 valence electrons. The maximum absolute atomic E-state index is 11.8. The highest BCUT2D eigenvalue weighted by atomic mass is 35.5. The summed E-state index contributed by atoms with van der Waals surface area (Å²) in [7, 11) is 0. The second kappa shape index (κ2) is 6.39. The van der Waals surface area contributed by atoms with Crippen molar-refractivity contribution in [1.82, 2.24) is 4.98 Å². The van der Waals surface area contributed by atoms with Crippen LogP contribution >= 0.6 is 34.5 Å². The van der Waals surface area contributed by atoms with Crippen molar-refractivity contribution in [3.63, 3.8) is 0 Å². The maximum atomic E-state index is 11.8. The van der Waals surface area contributed by atoms with Gasteiger partial charge in [0, 0.05) is 11.0 Å². The monoisotopic (exact) mass is 326 g/mol. The van der Waals surface area contributed by atoms with Crippen molar-refractivity contribution >= 4 is 51.7 Å². The third-order valence-corrected chi connectivity index (χ3v) is 4.36. The second-order valence-corrected chi connectivity index (χ2v) is 6.17. The molecule has 6 heteroatoms. The van der Waals surface area contributed by atoms with Crippen LogP contribution < -0.4 is 5.32 Å². The molecule has 1 heterocycles. The molecule has 3 nitrogen and oxygen atoms in total. The van der Waals surface area contributed by atoms with Crippen LogP contribution in [0.1, 0.15) is 16.1 Å². The number of thiazole rings is 1. The number of carbonyl (C=O) groups excluding carboxylic acids is 1. The molecule has 0 aliphatic heterocycles. The average Bonchev–Trinajstić information content (AvgIpc) is 2.70. The summed E-state index contributed by atoms with van der Waals surface area (Å²) in [4.78, 5) is 17.1. The Labute approximate surface area is 131 Å². The van der Waals surface area contributed by atoms with Crippen molar-refractivity contribution in [3.05, 3.63) is 50.5 Å². The molecule has 0 radical (unpaired) electrons. The zero-order valence-electron chi connectivity index (χ0n) is 10.9. The van der Waals surface area contributed by atoms with Crippen LogP contribution in [0.15, 0.2) is 24.3 Å². The number of hydrogen-bond acceptors (Lipinski definition) is 3. The fourth-order valence-corrected chi connectivity index (χ4v) is 2.59. The van der Waals surface area contributed by atoms with Crippen LogP contribution in [0, 0.1) is 13.8 Å². The van der Waals surface area contributed by atoms with Crippen molar-refractivity contribution in [3.8, 4) is 0 Å². The minimum Gasteiger partial charge on any atom is -0.298 e. The van der Waals surface area contributed by atoms with Crippen molar-refractivity contribution in [2.45, 2.75) is 13.8 Å². The van der Waals surface area contributed by atoms with Gasteiger partial charge in [0.15, 0.2) is 5.13 Å². The van der Waals surface area contributed by atoms with Crippen LogP contribution in [0.25, 0.3) is 6.08 Å². The molecule has 1 aromatic carbocycles. The smallest absolute Gasteiger partial charge is 0.250 e. The predicted molar refractivity (Wildman–Crippen MR) is 85.7 cm³/mol. The van der Waals surface area contributed by atoms with Crippen molar-refractivity contribution in [1.29, 1.82) is 0 Å². The Bertz CT molecular complexity index is 660. The molecule has 0 fully saturated rings. The number of aromatic nitrogens is 1. The van der Waals surface area contributed by atoms with Crippen LogP contribution in [-0.2, 0) is 4.79 Å². The van der Waals surface area contributed by atoms with Gasteiger partial charge in [0.05, 0.1) is 15.7 Å². The van der Waals surface area contributed by atoms with Gasteiger partial charge < -0.3 is 0 Å². The number of hydrogen-bond donors (Lipinski definition) is 1. The van der Waals surface area contributed by atoms with E-state index in [9.17, 15) is 4.79 Å². The summed E-state index contributed by atoms with van der Waals surface area (Å²) in [5.74, 6) is -0.232. The zero-order chi connectivity index (χ0) is 14.7. The summed E-state index contributed by atoms with van der Waals surface area (Å²) >= 11 is 13.2. The van der Waals surface area contributed by atoms with E-state index in [0.29, 0.717) is 15.2 Å². The largest absolute Gasteiger partial charge is 0.298 e. The molecule has 0 aliphatic rings. The fourth-order valence-electron chi connectivity index (χ4n) is 1.46. The quantitative estimate of drug-likeness (QED) is 0.829. The Balaban J connectivity index is 2.03. The predicted octanol–water partition coefficient (Wildman–Crippen LogP) is 4.72. The van der Waals surface area contributed by atoms with Gasteiger partial charge in [-0.05, 0) is 37.6 Å². The maximum Gasteiger partial charge on any atom is 0.250 e. The van der Waals surface area contributed by atoms with E-state index < -0.39 is 0 Å². The lowest BCUT2D eigenvalue weighted by Crippen LogP contribution is -2.07.